The molecule has 0 aliphatic rings. The molecule has 224 valence electrons. The number of hydrogen-bond donors (Lipinski definition) is 1. The predicted molar refractivity (Wildman–Crippen MR) is 170 cm³/mol. The van der Waals surface area contributed by atoms with E-state index in [1.165, 1.54) is 6.07 Å². The van der Waals surface area contributed by atoms with Gasteiger partial charge in [0.25, 0.3) is 0 Å². The Morgan fingerprint density at radius 3 is 2.27 bits per heavy atom. The van der Waals surface area contributed by atoms with E-state index >= 15 is 0 Å². The van der Waals surface area contributed by atoms with Crippen molar-refractivity contribution in [1.82, 2.24) is 0 Å². The second-order valence-corrected chi connectivity index (χ2v) is 10.8. The standard InChI is InChI=1S/C35H29Cl2FN2O4/c1-42-32-15-14-26(17-34(32)43-2)33(18-27-28(36)20-39-21-29(27)37)44-35(41)24-12-10-23(11-13-24)25-7-5-6-22(16-25)19-40-31-9-4-3-8-30(31)38/h3-17,20-21,33,40H,18-19H2,1-2H3/p+1/t33-/m0/s1. The minimum Gasteiger partial charge on any atom is -0.493 e. The van der Waals surface area contributed by atoms with Crippen molar-refractivity contribution in [3.63, 3.8) is 0 Å². The number of carbonyl (C=O) groups is 1. The number of hydrogen-bond acceptors (Lipinski definition) is 5. The van der Waals surface area contributed by atoms with E-state index in [1.807, 2.05) is 42.5 Å². The maximum Gasteiger partial charge on any atom is 0.338 e. The molecular formula is C35H30Cl2FN2O4+. The zero-order chi connectivity index (χ0) is 31.1. The number of esters is 1. The molecule has 0 spiro atoms. The van der Waals surface area contributed by atoms with Crippen molar-refractivity contribution in [2.75, 3.05) is 19.5 Å². The Bertz CT molecular complexity index is 1740. The van der Waals surface area contributed by atoms with Crippen LogP contribution in [0.15, 0.2) is 103 Å². The Morgan fingerprint density at radius 2 is 1.57 bits per heavy atom. The van der Waals surface area contributed by atoms with Gasteiger partial charge in [-0.1, -0.05) is 71.7 Å². The SMILES string of the molecule is COc1ccc([C@H](Cc2c(Cl)c[nH+]cc2Cl)OC(=O)c2ccc(-c3cccc(CNc4ccccc4F)c3)cc2)cc1OC. The third-order valence-electron chi connectivity index (χ3n) is 7.15. The largest absolute Gasteiger partial charge is 0.493 e. The van der Waals surface area contributed by atoms with E-state index in [2.05, 4.69) is 10.3 Å². The maximum atomic E-state index is 14.0. The van der Waals surface area contributed by atoms with Crippen molar-refractivity contribution in [3.8, 4) is 22.6 Å². The zero-order valence-electron chi connectivity index (χ0n) is 24.1. The topological polar surface area (TPSA) is 70.9 Å². The number of anilines is 1. The number of halogens is 3. The molecule has 1 atom stereocenters. The minimum absolute atomic E-state index is 0.235. The molecule has 0 bridgehead atoms. The van der Waals surface area contributed by atoms with Crippen LogP contribution < -0.4 is 19.8 Å². The van der Waals surface area contributed by atoms with E-state index in [9.17, 15) is 9.18 Å². The molecular weight excluding hydrogens is 602 g/mol. The third kappa shape index (κ3) is 7.30. The van der Waals surface area contributed by atoms with Crippen molar-refractivity contribution in [2.24, 2.45) is 0 Å². The summed E-state index contributed by atoms with van der Waals surface area (Å²) in [7, 11) is 3.10. The lowest BCUT2D eigenvalue weighted by atomic mass is 10.0. The first kappa shape index (κ1) is 30.9. The van der Waals surface area contributed by atoms with Crippen molar-refractivity contribution in [3.05, 3.63) is 142 Å². The lowest BCUT2D eigenvalue weighted by Crippen LogP contribution is -2.15. The molecule has 0 saturated heterocycles. The zero-order valence-corrected chi connectivity index (χ0v) is 25.6. The summed E-state index contributed by atoms with van der Waals surface area (Å²) in [4.78, 5) is 16.3. The molecule has 0 radical (unpaired) electrons. The van der Waals surface area contributed by atoms with Crippen molar-refractivity contribution in [2.45, 2.75) is 19.1 Å². The van der Waals surface area contributed by atoms with E-state index in [4.69, 9.17) is 37.4 Å². The molecule has 0 saturated carbocycles. The smallest absolute Gasteiger partial charge is 0.338 e. The highest BCUT2D eigenvalue weighted by Gasteiger charge is 2.24. The van der Waals surface area contributed by atoms with Gasteiger partial charge in [-0.25, -0.2) is 14.2 Å². The molecule has 5 aromatic rings. The second kappa shape index (κ2) is 14.3. The molecule has 0 unspecified atom stereocenters. The molecule has 0 amide bonds. The summed E-state index contributed by atoms with van der Waals surface area (Å²) in [6, 6.07) is 27.0. The normalized spacial score (nSPS) is 11.5. The summed E-state index contributed by atoms with van der Waals surface area (Å²) in [5.41, 5.74) is 5.03. The van der Waals surface area contributed by atoms with Crippen LogP contribution in [0.4, 0.5) is 10.1 Å². The number of nitrogens with one attached hydrogen (secondary N) is 2. The molecule has 0 aliphatic carbocycles. The Kier molecular flexibility index (Phi) is 10.00. The van der Waals surface area contributed by atoms with Gasteiger partial charge in [-0.3, -0.25) is 0 Å². The maximum absolute atomic E-state index is 14.0. The Balaban J connectivity index is 1.35. The number of carbonyl (C=O) groups excluding carboxylic acids is 1. The number of ether oxygens (including phenoxy) is 3. The van der Waals surface area contributed by atoms with Gasteiger partial charge in [-0.15, -0.1) is 0 Å². The van der Waals surface area contributed by atoms with Crippen LogP contribution in [0.2, 0.25) is 10.0 Å². The van der Waals surface area contributed by atoms with E-state index in [-0.39, 0.29) is 12.2 Å². The van der Waals surface area contributed by atoms with E-state index in [0.29, 0.717) is 50.5 Å². The monoisotopic (exact) mass is 631 g/mol. The fourth-order valence-electron chi connectivity index (χ4n) is 4.80. The van der Waals surface area contributed by atoms with Crippen LogP contribution in [0, 0.1) is 5.82 Å². The van der Waals surface area contributed by atoms with Crippen LogP contribution in [0.3, 0.4) is 0 Å². The summed E-state index contributed by atoms with van der Waals surface area (Å²) >= 11 is 12.9. The second-order valence-electron chi connectivity index (χ2n) is 9.95. The van der Waals surface area contributed by atoms with Gasteiger partial charge in [0.2, 0.25) is 0 Å². The number of para-hydroxylation sites is 1. The molecule has 0 fully saturated rings. The lowest BCUT2D eigenvalue weighted by molar-refractivity contribution is -0.377. The van der Waals surface area contributed by atoms with Crippen molar-refractivity contribution < 1.29 is 28.4 Å². The molecule has 5 rings (SSSR count). The molecule has 4 aromatic carbocycles. The Labute approximate surface area is 265 Å². The number of pyridine rings is 1. The third-order valence-corrected chi connectivity index (χ3v) is 7.83. The van der Waals surface area contributed by atoms with E-state index in [0.717, 1.165) is 16.7 Å². The van der Waals surface area contributed by atoms with Gasteiger partial charge >= 0.3 is 5.97 Å². The summed E-state index contributed by atoms with van der Waals surface area (Å²) < 4.78 is 30.9. The fourth-order valence-corrected chi connectivity index (χ4v) is 5.33. The van der Waals surface area contributed by atoms with Gasteiger partial charge in [-0.2, -0.15) is 0 Å². The first-order valence-corrected chi connectivity index (χ1v) is 14.6. The van der Waals surface area contributed by atoms with Crippen LogP contribution in [0.1, 0.15) is 33.2 Å². The van der Waals surface area contributed by atoms with Crippen LogP contribution in [0.5, 0.6) is 11.5 Å². The molecule has 1 aromatic heterocycles. The molecule has 9 heteroatoms. The lowest BCUT2D eigenvalue weighted by Gasteiger charge is -2.20. The summed E-state index contributed by atoms with van der Waals surface area (Å²) in [5, 5.41) is 3.98. The van der Waals surface area contributed by atoms with Crippen LogP contribution in [-0.4, -0.2) is 20.2 Å². The highest BCUT2D eigenvalue weighted by Crippen LogP contribution is 2.35. The highest BCUT2D eigenvalue weighted by molar-refractivity contribution is 6.35. The minimum atomic E-state index is -0.724. The van der Waals surface area contributed by atoms with Crippen LogP contribution in [0.25, 0.3) is 11.1 Å². The number of rotatable bonds is 11. The van der Waals surface area contributed by atoms with Gasteiger partial charge in [0, 0.05) is 18.5 Å². The van der Waals surface area contributed by atoms with Gasteiger partial charge in [0.15, 0.2) is 23.9 Å². The van der Waals surface area contributed by atoms with E-state index in [1.54, 1.807) is 69.1 Å². The number of aromatic nitrogens is 1. The van der Waals surface area contributed by atoms with Crippen molar-refractivity contribution in [1.29, 1.82) is 0 Å². The average Bonchev–Trinajstić information content (AvgIpc) is 3.05. The summed E-state index contributed by atoms with van der Waals surface area (Å²) in [5.74, 6) is 0.247. The summed E-state index contributed by atoms with van der Waals surface area (Å²) in [6.45, 7) is 0.462. The van der Waals surface area contributed by atoms with Crippen LogP contribution >= 0.6 is 23.2 Å². The van der Waals surface area contributed by atoms with Gasteiger partial charge < -0.3 is 19.5 Å². The molecule has 44 heavy (non-hydrogen) atoms. The molecule has 0 aliphatic heterocycles. The number of methoxy groups -OCH3 is 2. The first-order valence-electron chi connectivity index (χ1n) is 13.8. The number of aromatic amines is 1. The van der Waals surface area contributed by atoms with E-state index < -0.39 is 12.1 Å². The number of benzene rings is 4. The molecule has 2 N–H and O–H groups in total. The van der Waals surface area contributed by atoms with Crippen molar-refractivity contribution >= 4 is 34.9 Å². The fraction of sp³-hybridized carbons (Fsp3) is 0.143. The Hall–Kier alpha value is -4.59. The summed E-state index contributed by atoms with van der Waals surface area (Å²) in [6.07, 6.45) is 2.76. The quantitative estimate of drug-likeness (QED) is 0.148. The Morgan fingerprint density at radius 1 is 0.841 bits per heavy atom. The van der Waals surface area contributed by atoms with Gasteiger partial charge in [0.05, 0.1) is 25.5 Å². The average molecular weight is 633 g/mol. The van der Waals surface area contributed by atoms with Crippen LogP contribution in [-0.2, 0) is 17.7 Å². The number of H-pyrrole nitrogens is 1. The van der Waals surface area contributed by atoms with Gasteiger partial charge in [-0.05, 0) is 64.7 Å². The highest BCUT2D eigenvalue weighted by atomic mass is 35.5. The van der Waals surface area contributed by atoms with Gasteiger partial charge in [0.1, 0.15) is 22.0 Å². The first-order chi connectivity index (χ1) is 21.4. The molecule has 1 heterocycles. The predicted octanol–water partition coefficient (Wildman–Crippen LogP) is 8.38. The molecule has 6 nitrogen and oxygen atoms in total.